The molecular formula is C40H34ClIN4O6S2. The second kappa shape index (κ2) is 12.8. The molecular weight excluding hydrogens is 859 g/mol. The van der Waals surface area contributed by atoms with Crippen molar-refractivity contribution < 1.29 is 29.0 Å². The number of rotatable bonds is 6. The number of allylic oxidation sites excluding steroid dienone is 2. The van der Waals surface area contributed by atoms with E-state index < -0.39 is 35.0 Å². The van der Waals surface area contributed by atoms with E-state index >= 15 is 4.79 Å². The van der Waals surface area contributed by atoms with Gasteiger partial charge in [-0.1, -0.05) is 29.3 Å². The van der Waals surface area contributed by atoms with Gasteiger partial charge in [-0.25, -0.2) is 4.90 Å². The van der Waals surface area contributed by atoms with Crippen LogP contribution in [0.3, 0.4) is 0 Å². The Labute approximate surface area is 337 Å². The predicted molar refractivity (Wildman–Crippen MR) is 216 cm³/mol. The van der Waals surface area contributed by atoms with Crippen LogP contribution in [0.5, 0.6) is 11.5 Å². The van der Waals surface area contributed by atoms with Crippen molar-refractivity contribution in [2.75, 3.05) is 12.0 Å². The van der Waals surface area contributed by atoms with E-state index in [0.717, 1.165) is 31.0 Å². The van der Waals surface area contributed by atoms with E-state index in [1.54, 1.807) is 35.2 Å². The Kier molecular flexibility index (Phi) is 8.42. The largest absolute Gasteiger partial charge is 0.504 e. The third-order valence-electron chi connectivity index (χ3n) is 12.1. The number of thiophene rings is 2. The number of fused-ring (bicyclic) bond motifs is 5. The van der Waals surface area contributed by atoms with Gasteiger partial charge in [0.15, 0.2) is 11.5 Å². The lowest BCUT2D eigenvalue weighted by Crippen LogP contribution is -2.49. The number of carbonyl (C=O) groups excluding carboxylic acids is 4. The number of phenolic OH excluding ortho intramolecular Hbond substituents is 1. The summed E-state index contributed by atoms with van der Waals surface area (Å²) < 4.78 is 8.73. The SMILES string of the molecule is COc1cc(C2C3=CCC4C(=O)N(Cc5cccs5)C(=O)C4C3CC3C(=O)N(c4cc(-c5sc6ccc(Cl)cc6c5C)nn4C)C(=O)C32C)cc(I)c1O. The van der Waals surface area contributed by atoms with Crippen LogP contribution >= 0.6 is 56.9 Å². The molecule has 276 valence electrons. The van der Waals surface area contributed by atoms with Crippen LogP contribution in [0.2, 0.25) is 5.02 Å². The fourth-order valence-corrected chi connectivity index (χ4v) is 12.2. The van der Waals surface area contributed by atoms with Gasteiger partial charge >= 0.3 is 0 Å². The zero-order valence-electron chi connectivity index (χ0n) is 29.6. The highest BCUT2D eigenvalue weighted by Crippen LogP contribution is 2.64. The average Bonchev–Trinajstić information content (AvgIpc) is 3.95. The van der Waals surface area contributed by atoms with Gasteiger partial charge in [0.1, 0.15) is 11.5 Å². The van der Waals surface area contributed by atoms with E-state index in [4.69, 9.17) is 21.4 Å². The van der Waals surface area contributed by atoms with Crippen molar-refractivity contribution >= 4 is 96.4 Å². The number of carbonyl (C=O) groups is 4. The molecule has 2 aromatic carbocycles. The number of hydrogen-bond donors (Lipinski definition) is 1. The number of imide groups is 2. The highest BCUT2D eigenvalue weighted by atomic mass is 127. The number of phenols is 1. The van der Waals surface area contributed by atoms with E-state index in [2.05, 4.69) is 0 Å². The smallest absolute Gasteiger partial charge is 0.242 e. The summed E-state index contributed by atoms with van der Waals surface area (Å²) in [6, 6.07) is 14.9. The number of hydrogen-bond acceptors (Lipinski definition) is 9. The number of anilines is 1. The molecule has 10 nitrogen and oxygen atoms in total. The number of ether oxygens (including phenoxy) is 1. The summed E-state index contributed by atoms with van der Waals surface area (Å²) in [7, 11) is 3.20. The molecule has 0 radical (unpaired) electrons. The summed E-state index contributed by atoms with van der Waals surface area (Å²) in [5.74, 6) is -3.72. The number of aromatic hydroxyl groups is 1. The van der Waals surface area contributed by atoms with Gasteiger partial charge in [0, 0.05) is 33.6 Å². The van der Waals surface area contributed by atoms with E-state index in [1.165, 1.54) is 28.2 Å². The molecule has 3 fully saturated rings. The van der Waals surface area contributed by atoms with Crippen LogP contribution in [0.1, 0.15) is 41.7 Å². The fourth-order valence-electron chi connectivity index (χ4n) is 9.52. The minimum absolute atomic E-state index is 0.0222. The van der Waals surface area contributed by atoms with Crippen LogP contribution in [0.25, 0.3) is 20.7 Å². The molecule has 4 amide bonds. The molecule has 1 saturated carbocycles. The molecule has 6 atom stereocenters. The van der Waals surface area contributed by atoms with Crippen LogP contribution in [-0.2, 0) is 32.8 Å². The Balaban J connectivity index is 1.16. The quantitative estimate of drug-likeness (QED) is 0.104. The lowest BCUT2D eigenvalue weighted by molar-refractivity contribution is -0.141. The molecule has 5 aromatic rings. The van der Waals surface area contributed by atoms with Gasteiger partial charge in [0.05, 0.1) is 45.3 Å². The van der Waals surface area contributed by atoms with Crippen LogP contribution in [0, 0.1) is 39.6 Å². The number of likely N-dealkylation sites (tertiary alicyclic amines) is 1. The number of aromatic nitrogens is 2. The molecule has 0 spiro atoms. The van der Waals surface area contributed by atoms with Gasteiger partial charge in [-0.2, -0.15) is 5.10 Å². The van der Waals surface area contributed by atoms with Crippen molar-refractivity contribution in [3.63, 3.8) is 0 Å². The molecule has 3 aromatic heterocycles. The Morgan fingerprint density at radius 2 is 1.87 bits per heavy atom. The zero-order chi connectivity index (χ0) is 38.0. The van der Waals surface area contributed by atoms with E-state index in [9.17, 15) is 19.5 Å². The molecule has 14 heteroatoms. The number of methoxy groups -OCH3 is 1. The van der Waals surface area contributed by atoms with Gasteiger partial charge in [0.2, 0.25) is 23.6 Å². The van der Waals surface area contributed by atoms with Crippen LogP contribution < -0.4 is 9.64 Å². The van der Waals surface area contributed by atoms with Crippen molar-refractivity contribution in [2.45, 2.75) is 39.2 Å². The number of benzene rings is 2. The maximum Gasteiger partial charge on any atom is 0.242 e. The van der Waals surface area contributed by atoms with Crippen molar-refractivity contribution in [3.05, 3.63) is 90.2 Å². The van der Waals surface area contributed by atoms with Crippen molar-refractivity contribution in [2.24, 2.45) is 36.1 Å². The molecule has 2 aliphatic heterocycles. The maximum atomic E-state index is 15.2. The summed E-state index contributed by atoms with van der Waals surface area (Å²) in [5, 5.41) is 19.2. The average molecular weight is 893 g/mol. The molecule has 2 saturated heterocycles. The van der Waals surface area contributed by atoms with Gasteiger partial charge in [-0.05, 0) is 113 Å². The van der Waals surface area contributed by atoms with E-state index in [0.29, 0.717) is 32.1 Å². The molecule has 6 unspecified atom stereocenters. The first-order chi connectivity index (χ1) is 25.8. The third kappa shape index (κ3) is 5.03. The Hall–Kier alpha value is -4.05. The summed E-state index contributed by atoms with van der Waals surface area (Å²) in [5.41, 5.74) is 1.93. The second-order valence-electron chi connectivity index (χ2n) is 14.8. The van der Waals surface area contributed by atoms with Crippen LogP contribution in [-0.4, -0.2) is 50.5 Å². The summed E-state index contributed by atoms with van der Waals surface area (Å²) >= 11 is 11.4. The lowest BCUT2D eigenvalue weighted by atomic mass is 9.51. The van der Waals surface area contributed by atoms with Gasteiger partial charge in [-0.3, -0.25) is 28.8 Å². The molecule has 9 rings (SSSR count). The number of nitrogens with zero attached hydrogens (tertiary/aromatic N) is 4. The van der Waals surface area contributed by atoms with Gasteiger partial charge < -0.3 is 9.84 Å². The maximum absolute atomic E-state index is 15.2. The molecule has 2 aliphatic carbocycles. The number of halogens is 2. The summed E-state index contributed by atoms with van der Waals surface area (Å²) in [6.45, 7) is 4.07. The van der Waals surface area contributed by atoms with E-state index in [1.807, 2.05) is 84.3 Å². The number of amides is 4. The molecule has 4 aliphatic rings. The van der Waals surface area contributed by atoms with Crippen molar-refractivity contribution in [1.29, 1.82) is 0 Å². The minimum Gasteiger partial charge on any atom is -0.504 e. The first-order valence-corrected chi connectivity index (χ1v) is 20.7. The topological polar surface area (TPSA) is 122 Å². The molecule has 5 heterocycles. The summed E-state index contributed by atoms with van der Waals surface area (Å²) in [4.78, 5) is 62.7. The monoisotopic (exact) mass is 892 g/mol. The third-order valence-corrected chi connectivity index (χ3v) is 15.3. The van der Waals surface area contributed by atoms with Crippen molar-refractivity contribution in [1.82, 2.24) is 14.7 Å². The standard InChI is InChI=1S/C40H34ClIN4O6S2/c1-18-24-14-20(41)7-10-30(24)54-35(18)28-16-31(44(3)43-28)46-37(49)26-15-25-22(8-9-23-32(25)38(50)45(36(23)48)17-21-6-5-11-53-21)33(40(26,2)39(46)51)19-12-27(42)34(47)29(13-19)52-4/h5-8,10-14,16,23,25-26,32-33,47H,9,15,17H2,1-4H3. The van der Waals surface area contributed by atoms with Crippen molar-refractivity contribution in [3.8, 4) is 22.1 Å². The van der Waals surface area contributed by atoms with Gasteiger partial charge in [0.25, 0.3) is 0 Å². The number of aryl methyl sites for hydroxylation is 2. The molecule has 0 bridgehead atoms. The minimum atomic E-state index is -1.27. The van der Waals surface area contributed by atoms with Crippen LogP contribution in [0.4, 0.5) is 5.82 Å². The highest BCUT2D eigenvalue weighted by molar-refractivity contribution is 14.1. The zero-order valence-corrected chi connectivity index (χ0v) is 34.2. The molecule has 54 heavy (non-hydrogen) atoms. The lowest BCUT2D eigenvalue weighted by Gasteiger charge is -2.49. The Morgan fingerprint density at radius 3 is 2.61 bits per heavy atom. The fraction of sp³-hybridized carbons (Fsp3) is 0.325. The first-order valence-electron chi connectivity index (χ1n) is 17.6. The van der Waals surface area contributed by atoms with E-state index in [-0.39, 0.29) is 48.1 Å². The Bertz CT molecular complexity index is 2490. The van der Waals surface area contributed by atoms with Crippen LogP contribution in [0.15, 0.2) is 65.6 Å². The summed E-state index contributed by atoms with van der Waals surface area (Å²) in [6.07, 6.45) is 2.62. The Morgan fingerprint density at radius 1 is 1.07 bits per heavy atom. The first kappa shape index (κ1) is 35.6. The second-order valence-corrected chi connectivity index (χ2v) is 18.4. The van der Waals surface area contributed by atoms with Gasteiger partial charge in [-0.15, -0.1) is 22.7 Å². The normalized spacial score (nSPS) is 26.4. The highest BCUT2D eigenvalue weighted by Gasteiger charge is 2.68. The molecule has 1 N–H and O–H groups in total. The predicted octanol–water partition coefficient (Wildman–Crippen LogP) is 8.07.